The normalized spacial score (nSPS) is 29.9. The van der Waals surface area contributed by atoms with E-state index in [9.17, 15) is 61.0 Å². The Morgan fingerprint density at radius 2 is 0.790 bits per heavy atom. The highest BCUT2D eigenvalue weighted by Gasteiger charge is 2.53. The van der Waals surface area contributed by atoms with E-state index < -0.39 is 124 Å². The topological polar surface area (TPSA) is 307 Å². The first-order valence-electron chi connectivity index (χ1n) is 32.1. The molecule has 3 heterocycles. The maximum atomic E-state index is 13.3. The van der Waals surface area contributed by atoms with Gasteiger partial charge in [0, 0.05) is 6.42 Å². The van der Waals surface area contributed by atoms with Gasteiger partial charge >= 0.3 is 0 Å². The SMILES string of the molecule is CCCCCCCC/C=C/CC/C=C/C(O)C(COC1OC(CO)C(OC2OC(CO)C(OC3OC(CO)C(O)C(O)C3O)C(O)C2O)C(O)C1O)NC(=O)CCCCCCCCCCCCCCCCCCCCCCCCCC. The average molecular weight is 1160 g/mol. The van der Waals surface area contributed by atoms with Gasteiger partial charge in [-0.15, -0.1) is 0 Å². The molecule has 17 unspecified atom stereocenters. The molecule has 0 aromatic rings. The van der Waals surface area contributed by atoms with Crippen molar-refractivity contribution in [3.63, 3.8) is 0 Å². The van der Waals surface area contributed by atoms with Gasteiger partial charge in [-0.25, -0.2) is 0 Å². The molecule has 3 fully saturated rings. The standard InChI is InChI=1S/C62H115NO18/c1-3-5-7-9-11-13-15-17-18-19-20-21-22-23-24-25-26-27-28-30-32-34-36-38-40-50(68)63-45(46(67)39-37-35-33-31-29-16-14-12-10-8-6-4-2)44-76-60-56(74)53(71)58(48(42-65)78-60)81-62-57(75)54(72)59(49(43-66)79-62)80-61-55(73)52(70)51(69)47(41-64)77-61/h29,31,37,39,45-49,51-62,64-67,69-75H,3-28,30,32-36,38,40-44H2,1-2H3,(H,63,68)/b31-29+,39-37+. The van der Waals surface area contributed by atoms with Gasteiger partial charge in [0.25, 0.3) is 0 Å². The summed E-state index contributed by atoms with van der Waals surface area (Å²) in [7, 11) is 0. The predicted octanol–water partition coefficient (Wildman–Crippen LogP) is 6.71. The number of nitrogens with one attached hydrogen (secondary N) is 1. The Kier molecular flexibility index (Phi) is 41.4. The molecule has 0 radical (unpaired) electrons. The van der Waals surface area contributed by atoms with Gasteiger partial charge in [0.2, 0.25) is 5.91 Å². The van der Waals surface area contributed by atoms with Gasteiger partial charge in [-0.05, 0) is 32.1 Å². The largest absolute Gasteiger partial charge is 0.394 e. The van der Waals surface area contributed by atoms with E-state index in [4.69, 9.17) is 28.4 Å². The fourth-order valence-corrected chi connectivity index (χ4v) is 11.0. The van der Waals surface area contributed by atoms with E-state index in [1.165, 1.54) is 161 Å². The molecule has 0 aromatic heterocycles. The number of ether oxygens (including phenoxy) is 6. The number of rotatable bonds is 48. The van der Waals surface area contributed by atoms with E-state index in [2.05, 4.69) is 31.3 Å². The Hall–Kier alpha value is -1.73. The van der Waals surface area contributed by atoms with Crippen LogP contribution in [-0.4, -0.2) is 193 Å². The summed E-state index contributed by atoms with van der Waals surface area (Å²) in [5.41, 5.74) is 0. The molecule has 81 heavy (non-hydrogen) atoms. The van der Waals surface area contributed by atoms with Gasteiger partial charge in [-0.1, -0.05) is 218 Å². The number of unbranched alkanes of at least 4 members (excludes halogenated alkanes) is 30. The third-order valence-electron chi connectivity index (χ3n) is 16.3. The van der Waals surface area contributed by atoms with Crippen LogP contribution in [0.1, 0.15) is 232 Å². The lowest BCUT2D eigenvalue weighted by Crippen LogP contribution is -2.66. The molecule has 0 saturated carbocycles. The lowest BCUT2D eigenvalue weighted by Gasteiger charge is -2.48. The highest BCUT2D eigenvalue weighted by atomic mass is 16.8. The van der Waals surface area contributed by atoms with E-state index in [-0.39, 0.29) is 18.9 Å². The molecule has 0 aromatic carbocycles. The van der Waals surface area contributed by atoms with Crippen molar-refractivity contribution in [1.29, 1.82) is 0 Å². The van der Waals surface area contributed by atoms with Crippen molar-refractivity contribution >= 4 is 5.91 Å². The van der Waals surface area contributed by atoms with Gasteiger partial charge in [0.15, 0.2) is 18.9 Å². The Morgan fingerprint density at radius 3 is 1.23 bits per heavy atom. The summed E-state index contributed by atoms with van der Waals surface area (Å²) in [6.45, 7) is 1.70. The molecule has 19 nitrogen and oxygen atoms in total. The van der Waals surface area contributed by atoms with Gasteiger partial charge in [0.05, 0.1) is 38.6 Å². The number of carbonyl (C=O) groups is 1. The van der Waals surface area contributed by atoms with Crippen molar-refractivity contribution in [2.24, 2.45) is 0 Å². The van der Waals surface area contributed by atoms with Crippen LogP contribution in [0.25, 0.3) is 0 Å². The third kappa shape index (κ3) is 29.0. The van der Waals surface area contributed by atoms with E-state index in [0.717, 1.165) is 38.5 Å². The molecule has 3 saturated heterocycles. The van der Waals surface area contributed by atoms with Crippen molar-refractivity contribution in [1.82, 2.24) is 5.32 Å². The summed E-state index contributed by atoms with van der Waals surface area (Å²) in [6.07, 6.45) is 21.8. The van der Waals surface area contributed by atoms with Gasteiger partial charge < -0.3 is 89.9 Å². The summed E-state index contributed by atoms with van der Waals surface area (Å²) in [4.78, 5) is 13.3. The van der Waals surface area contributed by atoms with Crippen LogP contribution in [-0.2, 0) is 33.2 Å². The van der Waals surface area contributed by atoms with Crippen LogP contribution in [0.2, 0.25) is 0 Å². The molecule has 19 heteroatoms. The summed E-state index contributed by atoms with van der Waals surface area (Å²) < 4.78 is 34.2. The molecule has 0 spiro atoms. The monoisotopic (exact) mass is 1160 g/mol. The highest BCUT2D eigenvalue weighted by Crippen LogP contribution is 2.33. The zero-order chi connectivity index (χ0) is 59.0. The Labute approximate surface area is 486 Å². The molecule has 0 aliphatic carbocycles. The molecular formula is C62H115NO18. The molecular weight excluding hydrogens is 1050 g/mol. The summed E-state index contributed by atoms with van der Waals surface area (Å²) in [5.74, 6) is -0.283. The number of aliphatic hydroxyl groups excluding tert-OH is 11. The molecule has 12 N–H and O–H groups in total. The number of amides is 1. The predicted molar refractivity (Wildman–Crippen MR) is 310 cm³/mol. The number of aliphatic hydroxyl groups is 11. The van der Waals surface area contributed by atoms with Crippen LogP contribution < -0.4 is 5.32 Å². The summed E-state index contributed by atoms with van der Waals surface area (Å²) >= 11 is 0. The third-order valence-corrected chi connectivity index (χ3v) is 16.3. The van der Waals surface area contributed by atoms with Crippen molar-refractivity contribution in [2.45, 2.75) is 336 Å². The van der Waals surface area contributed by atoms with Gasteiger partial charge in [0.1, 0.15) is 73.2 Å². The molecule has 3 rings (SSSR count). The minimum atomic E-state index is -1.98. The number of hydrogen-bond acceptors (Lipinski definition) is 18. The minimum absolute atomic E-state index is 0.240. The number of allylic oxidation sites excluding steroid dienone is 3. The Morgan fingerprint density at radius 1 is 0.432 bits per heavy atom. The van der Waals surface area contributed by atoms with Crippen LogP contribution >= 0.6 is 0 Å². The second-order valence-corrected chi connectivity index (χ2v) is 23.2. The first kappa shape index (κ1) is 73.5. The molecule has 1 amide bonds. The Balaban J connectivity index is 1.44. The first-order valence-corrected chi connectivity index (χ1v) is 32.1. The van der Waals surface area contributed by atoms with Crippen LogP contribution in [0.4, 0.5) is 0 Å². The fraction of sp³-hybridized carbons (Fsp3) is 0.919. The molecule has 476 valence electrons. The van der Waals surface area contributed by atoms with Crippen LogP contribution in [0.15, 0.2) is 24.3 Å². The lowest BCUT2D eigenvalue weighted by atomic mass is 9.96. The average Bonchev–Trinajstić information content (AvgIpc) is 3.46. The second kappa shape index (κ2) is 45.6. The number of hydrogen-bond donors (Lipinski definition) is 12. The van der Waals surface area contributed by atoms with E-state index in [1.807, 2.05) is 6.08 Å². The minimum Gasteiger partial charge on any atom is -0.394 e. The summed E-state index contributed by atoms with van der Waals surface area (Å²) in [5, 5.41) is 120. The van der Waals surface area contributed by atoms with Crippen molar-refractivity contribution in [3.05, 3.63) is 24.3 Å². The van der Waals surface area contributed by atoms with E-state index in [1.54, 1.807) is 6.08 Å². The van der Waals surface area contributed by atoms with Gasteiger partial charge in [-0.3, -0.25) is 4.79 Å². The zero-order valence-corrected chi connectivity index (χ0v) is 49.8. The maximum absolute atomic E-state index is 13.3. The Bertz CT molecular complexity index is 1580. The molecule has 3 aliphatic rings. The quantitative estimate of drug-likeness (QED) is 0.0222. The van der Waals surface area contributed by atoms with Crippen molar-refractivity contribution < 1.29 is 89.4 Å². The van der Waals surface area contributed by atoms with Crippen molar-refractivity contribution in [2.75, 3.05) is 26.4 Å². The maximum Gasteiger partial charge on any atom is 0.220 e. The van der Waals surface area contributed by atoms with Crippen LogP contribution in [0.3, 0.4) is 0 Å². The molecule has 0 bridgehead atoms. The van der Waals surface area contributed by atoms with Gasteiger partial charge in [-0.2, -0.15) is 0 Å². The highest BCUT2D eigenvalue weighted by molar-refractivity contribution is 5.76. The lowest BCUT2D eigenvalue weighted by molar-refractivity contribution is -0.379. The first-order chi connectivity index (χ1) is 39.3. The summed E-state index contributed by atoms with van der Waals surface area (Å²) in [6, 6.07) is -0.985. The zero-order valence-electron chi connectivity index (χ0n) is 49.8. The van der Waals surface area contributed by atoms with Crippen LogP contribution in [0, 0.1) is 0 Å². The van der Waals surface area contributed by atoms with Crippen molar-refractivity contribution in [3.8, 4) is 0 Å². The molecule has 3 aliphatic heterocycles. The van der Waals surface area contributed by atoms with Crippen LogP contribution in [0.5, 0.6) is 0 Å². The van der Waals surface area contributed by atoms with E-state index in [0.29, 0.717) is 12.8 Å². The number of carbonyl (C=O) groups excluding carboxylic acids is 1. The fourth-order valence-electron chi connectivity index (χ4n) is 11.0. The smallest absolute Gasteiger partial charge is 0.220 e. The van der Waals surface area contributed by atoms with E-state index >= 15 is 0 Å². The second-order valence-electron chi connectivity index (χ2n) is 23.2. The molecule has 17 atom stereocenters.